The molecule has 3 heteroatoms. The van der Waals surface area contributed by atoms with Crippen LogP contribution in [0.2, 0.25) is 0 Å². The number of hydrogen-bond acceptors (Lipinski definition) is 3. The lowest BCUT2D eigenvalue weighted by atomic mass is 9.99. The van der Waals surface area contributed by atoms with Crippen molar-refractivity contribution in [1.29, 1.82) is 0 Å². The Morgan fingerprint density at radius 1 is 1.53 bits per heavy atom. The molecule has 1 fully saturated rings. The highest BCUT2D eigenvalue weighted by molar-refractivity contribution is 5.15. The van der Waals surface area contributed by atoms with Crippen LogP contribution < -0.4 is 5.73 Å². The summed E-state index contributed by atoms with van der Waals surface area (Å²) in [6, 6.07) is 5.14. The van der Waals surface area contributed by atoms with Crippen LogP contribution in [0.4, 0.5) is 0 Å². The first-order chi connectivity index (χ1) is 8.24. The third-order valence-electron chi connectivity index (χ3n) is 3.80. The molecule has 1 aromatic rings. The fraction of sp³-hybridized carbons (Fsp3) is 0.643. The van der Waals surface area contributed by atoms with E-state index in [0.29, 0.717) is 24.5 Å². The molecule has 1 aliphatic rings. The van der Waals surface area contributed by atoms with Crippen molar-refractivity contribution in [2.75, 3.05) is 13.1 Å². The molecule has 17 heavy (non-hydrogen) atoms. The number of nitrogens with zero attached hydrogens (tertiary/aromatic N) is 2. The molecule has 1 aliphatic heterocycles. The zero-order chi connectivity index (χ0) is 12.3. The van der Waals surface area contributed by atoms with Crippen molar-refractivity contribution in [2.24, 2.45) is 11.7 Å². The highest BCUT2D eigenvalue weighted by Crippen LogP contribution is 2.31. The summed E-state index contributed by atoms with van der Waals surface area (Å²) in [6.07, 6.45) is 6.36. The summed E-state index contributed by atoms with van der Waals surface area (Å²) in [7, 11) is 0. The molecule has 1 saturated heterocycles. The Balaban J connectivity index is 2.18. The minimum absolute atomic E-state index is 0.332. The molecule has 2 rings (SSSR count). The SMILES string of the molecule is CC(C)C1CCCN1C(CN)c1cccnc1. The molecule has 0 aliphatic carbocycles. The molecule has 2 N–H and O–H groups in total. The Morgan fingerprint density at radius 2 is 2.35 bits per heavy atom. The number of nitrogens with two attached hydrogens (primary N) is 1. The highest BCUT2D eigenvalue weighted by atomic mass is 15.2. The van der Waals surface area contributed by atoms with Crippen LogP contribution in [0.1, 0.15) is 38.3 Å². The van der Waals surface area contributed by atoms with Crippen LogP contribution in [0, 0.1) is 5.92 Å². The van der Waals surface area contributed by atoms with E-state index in [4.69, 9.17) is 5.73 Å². The van der Waals surface area contributed by atoms with Crippen LogP contribution in [-0.2, 0) is 0 Å². The van der Waals surface area contributed by atoms with E-state index >= 15 is 0 Å². The van der Waals surface area contributed by atoms with Gasteiger partial charge in [0.25, 0.3) is 0 Å². The normalized spacial score (nSPS) is 23.2. The van der Waals surface area contributed by atoms with Crippen molar-refractivity contribution < 1.29 is 0 Å². The Labute approximate surface area is 104 Å². The molecule has 0 saturated carbocycles. The predicted molar refractivity (Wildman–Crippen MR) is 70.6 cm³/mol. The van der Waals surface area contributed by atoms with Gasteiger partial charge in [0.2, 0.25) is 0 Å². The summed E-state index contributed by atoms with van der Waals surface area (Å²) in [5.74, 6) is 0.697. The van der Waals surface area contributed by atoms with Crippen LogP contribution in [0.3, 0.4) is 0 Å². The maximum Gasteiger partial charge on any atom is 0.0488 e. The standard InChI is InChI=1S/C14H23N3/c1-11(2)13-6-4-8-17(13)14(9-15)12-5-3-7-16-10-12/h3,5,7,10-11,13-14H,4,6,8-9,15H2,1-2H3. The summed E-state index contributed by atoms with van der Waals surface area (Å²) >= 11 is 0. The van der Waals surface area contributed by atoms with E-state index in [1.165, 1.54) is 24.9 Å². The number of likely N-dealkylation sites (tertiary alicyclic amines) is 1. The highest BCUT2D eigenvalue weighted by Gasteiger charge is 2.32. The second kappa shape index (κ2) is 5.61. The molecule has 2 atom stereocenters. The molecular weight excluding hydrogens is 210 g/mol. The van der Waals surface area contributed by atoms with Crippen molar-refractivity contribution >= 4 is 0 Å². The van der Waals surface area contributed by atoms with Gasteiger partial charge in [-0.25, -0.2) is 0 Å². The lowest BCUT2D eigenvalue weighted by Gasteiger charge is -2.34. The van der Waals surface area contributed by atoms with Crippen LogP contribution in [-0.4, -0.2) is 29.0 Å². The monoisotopic (exact) mass is 233 g/mol. The maximum atomic E-state index is 5.98. The molecule has 2 heterocycles. The summed E-state index contributed by atoms with van der Waals surface area (Å²) in [5, 5.41) is 0. The Bertz CT molecular complexity index is 337. The number of rotatable bonds is 4. The minimum Gasteiger partial charge on any atom is -0.329 e. The van der Waals surface area contributed by atoms with Gasteiger partial charge in [0.15, 0.2) is 0 Å². The number of hydrogen-bond donors (Lipinski definition) is 1. The third-order valence-corrected chi connectivity index (χ3v) is 3.80. The van der Waals surface area contributed by atoms with Crippen molar-refractivity contribution in [1.82, 2.24) is 9.88 Å². The maximum absolute atomic E-state index is 5.98. The summed E-state index contributed by atoms with van der Waals surface area (Å²) in [6.45, 7) is 6.45. The van der Waals surface area contributed by atoms with Gasteiger partial charge in [0.05, 0.1) is 0 Å². The smallest absolute Gasteiger partial charge is 0.0488 e. The zero-order valence-corrected chi connectivity index (χ0v) is 10.8. The average Bonchev–Trinajstić information content (AvgIpc) is 2.81. The molecule has 1 aromatic heterocycles. The third kappa shape index (κ3) is 2.67. The van der Waals surface area contributed by atoms with Gasteiger partial charge in [0, 0.05) is 31.0 Å². The molecule has 3 nitrogen and oxygen atoms in total. The molecular formula is C14H23N3. The number of pyridine rings is 1. The first kappa shape index (κ1) is 12.5. The first-order valence-electron chi connectivity index (χ1n) is 6.59. The Kier molecular flexibility index (Phi) is 4.13. The van der Waals surface area contributed by atoms with E-state index in [-0.39, 0.29) is 0 Å². The van der Waals surface area contributed by atoms with Crippen molar-refractivity contribution in [2.45, 2.75) is 38.8 Å². The minimum atomic E-state index is 0.332. The summed E-state index contributed by atoms with van der Waals surface area (Å²) < 4.78 is 0. The number of aromatic nitrogens is 1. The second-order valence-corrected chi connectivity index (χ2v) is 5.23. The van der Waals surface area contributed by atoms with E-state index in [1.807, 2.05) is 18.5 Å². The van der Waals surface area contributed by atoms with Crippen molar-refractivity contribution in [3.05, 3.63) is 30.1 Å². The zero-order valence-electron chi connectivity index (χ0n) is 10.8. The quantitative estimate of drug-likeness (QED) is 0.867. The van der Waals surface area contributed by atoms with E-state index in [2.05, 4.69) is 29.8 Å². The lowest BCUT2D eigenvalue weighted by Crippen LogP contribution is -2.39. The molecule has 0 amide bonds. The Hall–Kier alpha value is -0.930. The van der Waals surface area contributed by atoms with Gasteiger partial charge in [-0.05, 0) is 36.9 Å². The molecule has 0 aromatic carbocycles. The van der Waals surface area contributed by atoms with E-state index in [0.717, 1.165) is 0 Å². The van der Waals surface area contributed by atoms with Gasteiger partial charge >= 0.3 is 0 Å². The second-order valence-electron chi connectivity index (χ2n) is 5.23. The van der Waals surface area contributed by atoms with E-state index in [1.54, 1.807) is 0 Å². The van der Waals surface area contributed by atoms with Gasteiger partial charge in [-0.3, -0.25) is 9.88 Å². The molecule has 0 bridgehead atoms. The predicted octanol–water partition coefficient (Wildman–Crippen LogP) is 2.20. The van der Waals surface area contributed by atoms with Crippen LogP contribution in [0.15, 0.2) is 24.5 Å². The molecule has 2 unspecified atom stereocenters. The van der Waals surface area contributed by atoms with Gasteiger partial charge < -0.3 is 5.73 Å². The van der Waals surface area contributed by atoms with Crippen LogP contribution in [0.5, 0.6) is 0 Å². The van der Waals surface area contributed by atoms with Gasteiger partial charge in [0.1, 0.15) is 0 Å². The fourth-order valence-corrected chi connectivity index (χ4v) is 2.95. The van der Waals surface area contributed by atoms with E-state index < -0.39 is 0 Å². The van der Waals surface area contributed by atoms with Crippen molar-refractivity contribution in [3.8, 4) is 0 Å². The van der Waals surface area contributed by atoms with Gasteiger partial charge in [-0.1, -0.05) is 19.9 Å². The lowest BCUT2D eigenvalue weighted by molar-refractivity contribution is 0.149. The van der Waals surface area contributed by atoms with Gasteiger partial charge in [-0.15, -0.1) is 0 Å². The summed E-state index contributed by atoms with van der Waals surface area (Å²) in [5.41, 5.74) is 7.23. The van der Waals surface area contributed by atoms with Crippen LogP contribution in [0.25, 0.3) is 0 Å². The summed E-state index contributed by atoms with van der Waals surface area (Å²) in [4.78, 5) is 6.78. The molecule has 0 radical (unpaired) electrons. The largest absolute Gasteiger partial charge is 0.329 e. The molecule has 94 valence electrons. The first-order valence-corrected chi connectivity index (χ1v) is 6.59. The van der Waals surface area contributed by atoms with Crippen molar-refractivity contribution in [3.63, 3.8) is 0 Å². The average molecular weight is 233 g/mol. The molecule has 0 spiro atoms. The fourth-order valence-electron chi connectivity index (χ4n) is 2.95. The Morgan fingerprint density at radius 3 is 2.94 bits per heavy atom. The topological polar surface area (TPSA) is 42.1 Å². The van der Waals surface area contributed by atoms with Crippen LogP contribution >= 0.6 is 0 Å². The van der Waals surface area contributed by atoms with Gasteiger partial charge in [-0.2, -0.15) is 0 Å². The van der Waals surface area contributed by atoms with E-state index in [9.17, 15) is 0 Å².